The van der Waals surface area contributed by atoms with Crippen LogP contribution in [0.3, 0.4) is 0 Å². The fraction of sp³-hybridized carbons (Fsp3) is 0.889. The van der Waals surface area contributed by atoms with E-state index in [2.05, 4.69) is 0 Å². The number of alkyl halides is 3. The van der Waals surface area contributed by atoms with Crippen LogP contribution in [-0.2, 0) is 4.79 Å². The van der Waals surface area contributed by atoms with Crippen molar-refractivity contribution in [1.82, 2.24) is 0 Å². The van der Waals surface area contributed by atoms with Crippen molar-refractivity contribution >= 4 is 16.9 Å². The molecule has 0 saturated heterocycles. The van der Waals surface area contributed by atoms with Crippen LogP contribution in [0, 0.1) is 0 Å². The summed E-state index contributed by atoms with van der Waals surface area (Å²) in [6.07, 6.45) is -1.87. The molecular weight excluding hydrogens is 213 g/mol. The van der Waals surface area contributed by atoms with Gasteiger partial charge in [0, 0.05) is 18.6 Å². The predicted octanol–water partition coefficient (Wildman–Crippen LogP) is 3.43. The number of carbonyl (C=O) groups excluding carboxylic acids is 1. The van der Waals surface area contributed by atoms with E-state index in [0.29, 0.717) is 13.3 Å². The highest BCUT2D eigenvalue weighted by Gasteiger charge is 2.26. The lowest BCUT2D eigenvalue weighted by molar-refractivity contribution is -0.110. The second-order valence-electron chi connectivity index (χ2n) is 3.23. The Kier molecular flexibility index (Phi) is 6.24. The van der Waals surface area contributed by atoms with Gasteiger partial charge in [-0.15, -0.1) is 0 Å². The molecule has 0 amide bonds. The predicted molar refractivity (Wildman–Crippen MR) is 52.5 cm³/mol. The van der Waals surface area contributed by atoms with Crippen molar-refractivity contribution in [2.45, 2.75) is 45.2 Å². The molecule has 0 aromatic heterocycles. The second-order valence-corrected chi connectivity index (χ2v) is 4.39. The summed E-state index contributed by atoms with van der Waals surface area (Å²) in [5.41, 5.74) is 0. The van der Waals surface area contributed by atoms with Gasteiger partial charge in [-0.3, -0.25) is 4.79 Å². The molecule has 1 unspecified atom stereocenters. The molecule has 0 aliphatic heterocycles. The van der Waals surface area contributed by atoms with E-state index in [1.165, 1.54) is 0 Å². The van der Waals surface area contributed by atoms with Crippen molar-refractivity contribution in [1.29, 1.82) is 0 Å². The fourth-order valence-corrected chi connectivity index (χ4v) is 1.70. The molecule has 84 valence electrons. The molecule has 0 aromatic rings. The maximum absolute atomic E-state index is 12.8. The number of hydrogen-bond acceptors (Lipinski definition) is 2. The monoisotopic (exact) mass is 228 g/mol. The van der Waals surface area contributed by atoms with Gasteiger partial charge in [0.25, 0.3) is 0 Å². The highest BCUT2D eigenvalue weighted by atomic mass is 32.2. The largest absolute Gasteiger partial charge is 0.287 e. The van der Waals surface area contributed by atoms with Gasteiger partial charge < -0.3 is 0 Å². The van der Waals surface area contributed by atoms with Crippen LogP contribution < -0.4 is 0 Å². The van der Waals surface area contributed by atoms with Gasteiger partial charge in [0.15, 0.2) is 5.12 Å². The van der Waals surface area contributed by atoms with E-state index in [1.807, 2.05) is 0 Å². The van der Waals surface area contributed by atoms with Crippen molar-refractivity contribution in [2.75, 3.05) is 5.75 Å². The SMILES string of the molecule is CCC(=O)SCCC(F)CC(C)(F)F. The second kappa shape index (κ2) is 6.32. The molecule has 0 saturated carbocycles. The van der Waals surface area contributed by atoms with Crippen LogP contribution in [0.25, 0.3) is 0 Å². The Labute approximate surface area is 86.4 Å². The molecule has 0 fully saturated rings. The third kappa shape index (κ3) is 8.41. The van der Waals surface area contributed by atoms with Gasteiger partial charge in [0.05, 0.1) is 0 Å². The average Bonchev–Trinajstić information content (AvgIpc) is 2.00. The number of hydrogen-bond donors (Lipinski definition) is 0. The standard InChI is InChI=1S/C9H15F3OS/c1-3-8(13)14-5-4-7(10)6-9(2,11)12/h7H,3-6H2,1-2H3. The van der Waals surface area contributed by atoms with Crippen LogP contribution in [0.1, 0.15) is 33.1 Å². The fourth-order valence-electron chi connectivity index (χ4n) is 0.894. The van der Waals surface area contributed by atoms with Crippen LogP contribution in [0.15, 0.2) is 0 Å². The minimum Gasteiger partial charge on any atom is -0.287 e. The number of carbonyl (C=O) groups is 1. The maximum Gasteiger partial charge on any atom is 0.248 e. The lowest BCUT2D eigenvalue weighted by Crippen LogP contribution is -2.18. The number of rotatable bonds is 6. The van der Waals surface area contributed by atoms with Gasteiger partial charge in [-0.25, -0.2) is 13.2 Å². The molecule has 1 nitrogen and oxygen atoms in total. The van der Waals surface area contributed by atoms with E-state index in [-0.39, 0.29) is 17.3 Å². The molecule has 0 radical (unpaired) electrons. The Balaban J connectivity index is 3.54. The van der Waals surface area contributed by atoms with Crippen molar-refractivity contribution in [3.05, 3.63) is 0 Å². The first-order valence-corrected chi connectivity index (χ1v) is 5.51. The van der Waals surface area contributed by atoms with Gasteiger partial charge in [-0.05, 0) is 13.3 Å². The minimum absolute atomic E-state index is 0.0137. The average molecular weight is 228 g/mol. The third-order valence-electron chi connectivity index (χ3n) is 1.56. The number of halogens is 3. The van der Waals surface area contributed by atoms with Crippen LogP contribution in [0.2, 0.25) is 0 Å². The molecule has 0 heterocycles. The maximum atomic E-state index is 12.8. The molecule has 5 heteroatoms. The molecule has 14 heavy (non-hydrogen) atoms. The summed E-state index contributed by atoms with van der Waals surface area (Å²) in [7, 11) is 0. The zero-order valence-corrected chi connectivity index (χ0v) is 9.17. The van der Waals surface area contributed by atoms with Gasteiger partial charge in [0.2, 0.25) is 5.92 Å². The Morgan fingerprint density at radius 3 is 2.50 bits per heavy atom. The Morgan fingerprint density at radius 1 is 1.50 bits per heavy atom. The van der Waals surface area contributed by atoms with Crippen LogP contribution in [0.4, 0.5) is 13.2 Å². The van der Waals surface area contributed by atoms with Crippen LogP contribution >= 0.6 is 11.8 Å². The summed E-state index contributed by atoms with van der Waals surface area (Å²) in [6, 6.07) is 0. The highest BCUT2D eigenvalue weighted by Crippen LogP contribution is 2.23. The van der Waals surface area contributed by atoms with Crippen molar-refractivity contribution in [3.8, 4) is 0 Å². The van der Waals surface area contributed by atoms with Crippen molar-refractivity contribution in [3.63, 3.8) is 0 Å². The lowest BCUT2D eigenvalue weighted by atomic mass is 10.1. The summed E-state index contributed by atoms with van der Waals surface area (Å²) < 4.78 is 37.5. The Hall–Kier alpha value is -0.190. The Bertz CT molecular complexity index is 179. The van der Waals surface area contributed by atoms with Gasteiger partial charge in [-0.2, -0.15) is 0 Å². The Morgan fingerprint density at radius 2 is 2.07 bits per heavy atom. The third-order valence-corrected chi connectivity index (χ3v) is 2.61. The number of thioether (sulfide) groups is 1. The smallest absolute Gasteiger partial charge is 0.248 e. The highest BCUT2D eigenvalue weighted by molar-refractivity contribution is 8.13. The van der Waals surface area contributed by atoms with E-state index in [1.54, 1.807) is 6.92 Å². The van der Waals surface area contributed by atoms with Crippen LogP contribution in [-0.4, -0.2) is 23.0 Å². The van der Waals surface area contributed by atoms with Gasteiger partial charge >= 0.3 is 0 Å². The topological polar surface area (TPSA) is 17.1 Å². The molecule has 0 N–H and O–H groups in total. The van der Waals surface area contributed by atoms with Gasteiger partial charge in [-0.1, -0.05) is 18.7 Å². The summed E-state index contributed by atoms with van der Waals surface area (Å²) >= 11 is 1.01. The van der Waals surface area contributed by atoms with E-state index in [0.717, 1.165) is 11.8 Å². The van der Waals surface area contributed by atoms with E-state index in [4.69, 9.17) is 0 Å². The molecule has 0 rings (SSSR count). The summed E-state index contributed by atoms with van der Waals surface area (Å²) in [5, 5.41) is -0.0274. The van der Waals surface area contributed by atoms with Crippen molar-refractivity contribution in [2.24, 2.45) is 0 Å². The molecule has 0 aliphatic carbocycles. The van der Waals surface area contributed by atoms with E-state index < -0.39 is 18.5 Å². The van der Waals surface area contributed by atoms with E-state index >= 15 is 0 Å². The molecular formula is C9H15F3OS. The normalized spacial score (nSPS) is 14.1. The molecule has 0 aromatic carbocycles. The first kappa shape index (κ1) is 13.8. The summed E-state index contributed by atoms with van der Waals surface area (Å²) in [6.45, 7) is 2.41. The van der Waals surface area contributed by atoms with E-state index in [9.17, 15) is 18.0 Å². The molecule has 0 spiro atoms. The molecule has 1 atom stereocenters. The lowest BCUT2D eigenvalue weighted by Gasteiger charge is -2.13. The minimum atomic E-state index is -2.96. The quantitative estimate of drug-likeness (QED) is 0.692. The summed E-state index contributed by atoms with van der Waals surface area (Å²) in [4.78, 5) is 10.8. The van der Waals surface area contributed by atoms with Gasteiger partial charge in [0.1, 0.15) is 6.17 Å². The molecule has 0 bridgehead atoms. The molecule has 0 aliphatic rings. The zero-order chi connectivity index (χ0) is 11.2. The van der Waals surface area contributed by atoms with Crippen molar-refractivity contribution < 1.29 is 18.0 Å². The first-order valence-electron chi connectivity index (χ1n) is 4.52. The zero-order valence-electron chi connectivity index (χ0n) is 8.36. The summed E-state index contributed by atoms with van der Waals surface area (Å²) in [5.74, 6) is -2.68. The first-order chi connectivity index (χ1) is 6.35. The van der Waals surface area contributed by atoms with Crippen LogP contribution in [0.5, 0.6) is 0 Å².